The highest BCUT2D eigenvalue weighted by atomic mass is 35.5. The number of aromatic amines is 1. The second-order valence-electron chi connectivity index (χ2n) is 7.18. The molecular formula is C18H19ClN6O4S2. The molecule has 2 aliphatic rings. The fourth-order valence-electron chi connectivity index (χ4n) is 3.26. The average molecular weight is 483 g/mol. The molecule has 0 bridgehead atoms. The van der Waals surface area contributed by atoms with Crippen molar-refractivity contribution in [3.63, 3.8) is 0 Å². The number of sulfone groups is 1. The highest BCUT2D eigenvalue weighted by Gasteiger charge is 2.37. The smallest absolute Gasteiger partial charge is 0.274 e. The van der Waals surface area contributed by atoms with Crippen LogP contribution in [0.3, 0.4) is 0 Å². The maximum Gasteiger partial charge on any atom is 0.274 e. The number of nitrogens with one attached hydrogen (secondary N) is 2. The van der Waals surface area contributed by atoms with E-state index in [0.717, 1.165) is 10.6 Å². The summed E-state index contributed by atoms with van der Waals surface area (Å²) >= 11 is 7.27. The minimum absolute atomic E-state index is 0.0209. The molecule has 2 aromatic rings. The van der Waals surface area contributed by atoms with E-state index in [2.05, 4.69) is 25.6 Å². The summed E-state index contributed by atoms with van der Waals surface area (Å²) in [5, 5.41) is 15.7. The van der Waals surface area contributed by atoms with E-state index < -0.39 is 21.8 Å². The molecule has 2 amide bonds. The van der Waals surface area contributed by atoms with Gasteiger partial charge in [-0.05, 0) is 24.1 Å². The summed E-state index contributed by atoms with van der Waals surface area (Å²) in [4.78, 5) is 29.0. The third-order valence-corrected chi connectivity index (χ3v) is 7.77. The fourth-order valence-corrected chi connectivity index (χ4v) is 5.84. The number of amides is 2. The molecule has 2 aliphatic heterocycles. The van der Waals surface area contributed by atoms with Gasteiger partial charge in [0, 0.05) is 23.6 Å². The molecule has 1 fully saturated rings. The lowest BCUT2D eigenvalue weighted by Crippen LogP contribution is -2.42. The maximum atomic E-state index is 12.6. The number of hydrazone groups is 1. The third kappa shape index (κ3) is 5.43. The van der Waals surface area contributed by atoms with Crippen LogP contribution in [0.25, 0.3) is 0 Å². The van der Waals surface area contributed by atoms with Crippen LogP contribution in [0.1, 0.15) is 24.8 Å². The number of nitrogens with zero attached hydrogens (tertiary/aromatic N) is 4. The standard InChI is InChI=1S/C18H19ClN6O4S2/c19-12-3-1-11(2-4-12)9-30-18-21-17(22-23-18)20-16(27)14-5-6-15(26)25(24-14)13-7-8-31(28,29)10-13/h1-4,13H,5-10H2,(H2,20,21,22,23,27)/t13-/m1/s1. The van der Waals surface area contributed by atoms with Gasteiger partial charge < -0.3 is 0 Å². The summed E-state index contributed by atoms with van der Waals surface area (Å²) in [5.41, 5.74) is 1.20. The second kappa shape index (κ2) is 8.97. The van der Waals surface area contributed by atoms with Crippen molar-refractivity contribution in [2.24, 2.45) is 5.10 Å². The number of rotatable bonds is 6. The molecule has 3 heterocycles. The molecule has 164 valence electrons. The molecular weight excluding hydrogens is 464 g/mol. The zero-order valence-corrected chi connectivity index (χ0v) is 18.6. The van der Waals surface area contributed by atoms with E-state index in [4.69, 9.17) is 11.6 Å². The van der Waals surface area contributed by atoms with E-state index in [9.17, 15) is 18.0 Å². The Morgan fingerprint density at radius 1 is 1.29 bits per heavy atom. The topological polar surface area (TPSA) is 137 Å². The second-order valence-corrected chi connectivity index (χ2v) is 10.8. The van der Waals surface area contributed by atoms with Gasteiger partial charge in [0.05, 0.1) is 17.5 Å². The van der Waals surface area contributed by atoms with Crippen LogP contribution in [-0.4, -0.2) is 63.7 Å². The van der Waals surface area contributed by atoms with Crippen LogP contribution in [0.15, 0.2) is 34.5 Å². The summed E-state index contributed by atoms with van der Waals surface area (Å²) < 4.78 is 23.4. The lowest BCUT2D eigenvalue weighted by Gasteiger charge is -2.27. The van der Waals surface area contributed by atoms with E-state index in [1.54, 1.807) is 12.1 Å². The van der Waals surface area contributed by atoms with E-state index in [0.29, 0.717) is 22.4 Å². The predicted octanol–water partition coefficient (Wildman–Crippen LogP) is 1.85. The Bertz CT molecular complexity index is 1130. The number of hydrogen-bond donors (Lipinski definition) is 2. The van der Waals surface area contributed by atoms with Gasteiger partial charge >= 0.3 is 0 Å². The van der Waals surface area contributed by atoms with E-state index in [1.165, 1.54) is 11.8 Å². The Morgan fingerprint density at radius 2 is 2.06 bits per heavy atom. The quantitative estimate of drug-likeness (QED) is 0.599. The van der Waals surface area contributed by atoms with E-state index >= 15 is 0 Å². The van der Waals surface area contributed by atoms with E-state index in [1.807, 2.05) is 12.1 Å². The van der Waals surface area contributed by atoms with Crippen molar-refractivity contribution in [1.29, 1.82) is 0 Å². The van der Waals surface area contributed by atoms with E-state index in [-0.39, 0.29) is 41.9 Å². The zero-order valence-electron chi connectivity index (χ0n) is 16.2. The van der Waals surface area contributed by atoms with Gasteiger partial charge in [-0.1, -0.05) is 35.5 Å². The fraction of sp³-hybridized carbons (Fsp3) is 0.389. The lowest BCUT2D eigenvalue weighted by atomic mass is 10.1. The monoisotopic (exact) mass is 482 g/mol. The molecule has 0 unspecified atom stereocenters. The molecule has 0 spiro atoms. The first kappa shape index (κ1) is 21.8. The Kier molecular flexibility index (Phi) is 6.30. The van der Waals surface area contributed by atoms with Crippen molar-refractivity contribution in [1.82, 2.24) is 20.2 Å². The molecule has 0 aliphatic carbocycles. The third-order valence-electron chi connectivity index (χ3n) is 4.85. The number of benzene rings is 1. The highest BCUT2D eigenvalue weighted by molar-refractivity contribution is 7.98. The SMILES string of the molecule is O=C(Nc1nc(SCc2ccc(Cl)cc2)n[nH]1)C1=NN([C@@H]2CCS(=O)(=O)C2)C(=O)CC1. The number of H-pyrrole nitrogens is 1. The van der Waals surface area contributed by atoms with Crippen molar-refractivity contribution in [3.05, 3.63) is 34.9 Å². The van der Waals surface area contributed by atoms with Gasteiger partial charge in [-0.2, -0.15) is 10.1 Å². The number of halogens is 1. The van der Waals surface area contributed by atoms with Gasteiger partial charge in [-0.25, -0.2) is 18.5 Å². The number of hydrogen-bond acceptors (Lipinski definition) is 8. The summed E-state index contributed by atoms with van der Waals surface area (Å²) in [5.74, 6) is -0.0992. The van der Waals surface area contributed by atoms with Gasteiger partial charge in [0.1, 0.15) is 5.71 Å². The minimum Gasteiger partial charge on any atom is -0.290 e. The van der Waals surface area contributed by atoms with Crippen LogP contribution in [-0.2, 0) is 25.2 Å². The highest BCUT2D eigenvalue weighted by Crippen LogP contribution is 2.23. The van der Waals surface area contributed by atoms with Crippen molar-refractivity contribution < 1.29 is 18.0 Å². The molecule has 13 heteroatoms. The Labute approximate surface area is 187 Å². The molecule has 2 N–H and O–H groups in total. The van der Waals surface area contributed by atoms with Gasteiger partial charge in [-0.3, -0.25) is 14.9 Å². The molecule has 0 radical (unpaired) electrons. The maximum absolute atomic E-state index is 12.6. The van der Waals surface area contributed by atoms with Crippen molar-refractivity contribution in [2.45, 2.75) is 36.2 Å². The summed E-state index contributed by atoms with van der Waals surface area (Å²) in [6.07, 6.45) is 0.594. The molecule has 1 aromatic heterocycles. The zero-order chi connectivity index (χ0) is 22.0. The molecule has 1 aromatic carbocycles. The van der Waals surface area contributed by atoms with Crippen LogP contribution in [0.2, 0.25) is 5.02 Å². The summed E-state index contributed by atoms with van der Waals surface area (Å²) in [6, 6.07) is 6.91. The Morgan fingerprint density at radius 3 is 2.77 bits per heavy atom. The van der Waals surface area contributed by atoms with Gasteiger partial charge in [0.2, 0.25) is 17.0 Å². The number of thioether (sulfide) groups is 1. The van der Waals surface area contributed by atoms with Crippen molar-refractivity contribution in [3.8, 4) is 0 Å². The van der Waals surface area contributed by atoms with Gasteiger partial charge in [0.25, 0.3) is 5.91 Å². The van der Waals surface area contributed by atoms with Crippen molar-refractivity contribution in [2.75, 3.05) is 16.8 Å². The van der Waals surface area contributed by atoms with Gasteiger partial charge in [-0.15, -0.1) is 5.10 Å². The predicted molar refractivity (Wildman–Crippen MR) is 117 cm³/mol. The summed E-state index contributed by atoms with van der Waals surface area (Å²) in [6.45, 7) is 0. The lowest BCUT2D eigenvalue weighted by molar-refractivity contribution is -0.133. The average Bonchev–Trinajstić information content (AvgIpc) is 3.33. The normalized spacial score (nSPS) is 20.5. The molecule has 1 saturated heterocycles. The number of aromatic nitrogens is 3. The van der Waals surface area contributed by atoms with Crippen LogP contribution in [0, 0.1) is 0 Å². The Balaban J connectivity index is 1.37. The molecule has 10 nitrogen and oxygen atoms in total. The number of anilines is 1. The first-order valence-electron chi connectivity index (χ1n) is 9.50. The van der Waals surface area contributed by atoms with Crippen LogP contribution in [0.5, 0.6) is 0 Å². The minimum atomic E-state index is -3.18. The number of carbonyl (C=O) groups is 2. The van der Waals surface area contributed by atoms with Gasteiger partial charge in [0.15, 0.2) is 9.84 Å². The largest absolute Gasteiger partial charge is 0.290 e. The first-order valence-corrected chi connectivity index (χ1v) is 12.7. The van der Waals surface area contributed by atoms with Crippen molar-refractivity contribution >= 4 is 56.7 Å². The molecule has 4 rings (SSSR count). The first-order chi connectivity index (χ1) is 14.8. The Hall–Kier alpha value is -2.44. The van der Waals surface area contributed by atoms with Crippen LogP contribution in [0.4, 0.5) is 5.95 Å². The summed E-state index contributed by atoms with van der Waals surface area (Å²) in [7, 11) is -3.18. The van der Waals surface area contributed by atoms with Crippen LogP contribution >= 0.6 is 23.4 Å². The molecule has 31 heavy (non-hydrogen) atoms. The van der Waals surface area contributed by atoms with Crippen LogP contribution < -0.4 is 5.32 Å². The molecule has 0 saturated carbocycles. The number of carbonyl (C=O) groups excluding carboxylic acids is 2. The molecule has 1 atom stereocenters.